The molecular formula is C26H30N2O3S. The predicted molar refractivity (Wildman–Crippen MR) is 131 cm³/mol. The summed E-state index contributed by atoms with van der Waals surface area (Å²) < 4.78 is 5.74. The van der Waals surface area contributed by atoms with Gasteiger partial charge in [0.2, 0.25) is 0 Å². The van der Waals surface area contributed by atoms with E-state index in [4.69, 9.17) is 10.5 Å². The average molecular weight is 451 g/mol. The van der Waals surface area contributed by atoms with Crippen molar-refractivity contribution in [3.8, 4) is 5.75 Å². The summed E-state index contributed by atoms with van der Waals surface area (Å²) in [7, 11) is 0. The number of ether oxygens (including phenoxy) is 1. The van der Waals surface area contributed by atoms with Gasteiger partial charge < -0.3 is 15.8 Å². The van der Waals surface area contributed by atoms with Gasteiger partial charge in [-0.3, -0.25) is 9.59 Å². The highest BCUT2D eigenvalue weighted by atomic mass is 32.1. The number of hydrogen-bond acceptors (Lipinski definition) is 4. The first kappa shape index (κ1) is 23.5. The van der Waals surface area contributed by atoms with Gasteiger partial charge in [0.25, 0.3) is 11.8 Å². The van der Waals surface area contributed by atoms with Crippen molar-refractivity contribution >= 4 is 28.2 Å². The number of rotatable bonds is 11. The molecule has 0 fully saturated rings. The Balaban J connectivity index is 1.68. The summed E-state index contributed by atoms with van der Waals surface area (Å²) in [6.45, 7) is 4.72. The molecule has 3 N–H and O–H groups in total. The van der Waals surface area contributed by atoms with Crippen molar-refractivity contribution in [1.82, 2.24) is 0 Å². The van der Waals surface area contributed by atoms with Crippen molar-refractivity contribution in [3.05, 3.63) is 81.7 Å². The fraction of sp³-hybridized carbons (Fsp3) is 0.308. The first-order valence-electron chi connectivity index (χ1n) is 11.0. The van der Waals surface area contributed by atoms with Crippen LogP contribution < -0.4 is 15.8 Å². The largest absolute Gasteiger partial charge is 0.494 e. The smallest absolute Gasteiger partial charge is 0.256 e. The van der Waals surface area contributed by atoms with Gasteiger partial charge in [-0.05, 0) is 48.7 Å². The van der Waals surface area contributed by atoms with Crippen molar-refractivity contribution in [3.63, 3.8) is 0 Å². The maximum absolute atomic E-state index is 12.8. The molecule has 2 amide bonds. The third kappa shape index (κ3) is 6.20. The lowest BCUT2D eigenvalue weighted by atomic mass is 10.1. The number of thiophene rings is 1. The number of benzene rings is 2. The van der Waals surface area contributed by atoms with Crippen molar-refractivity contribution in [1.29, 1.82) is 0 Å². The quantitative estimate of drug-likeness (QED) is 0.354. The van der Waals surface area contributed by atoms with Gasteiger partial charge in [0.1, 0.15) is 10.8 Å². The summed E-state index contributed by atoms with van der Waals surface area (Å²) in [4.78, 5) is 25.9. The zero-order valence-electron chi connectivity index (χ0n) is 18.6. The number of primary amides is 1. The highest BCUT2D eigenvalue weighted by molar-refractivity contribution is 7.17. The Hall–Kier alpha value is -3.12. The second-order valence-electron chi connectivity index (χ2n) is 7.77. The monoisotopic (exact) mass is 450 g/mol. The van der Waals surface area contributed by atoms with Crippen LogP contribution in [-0.2, 0) is 6.42 Å². The van der Waals surface area contributed by atoms with E-state index in [0.717, 1.165) is 34.6 Å². The maximum Gasteiger partial charge on any atom is 0.256 e. The lowest BCUT2D eigenvalue weighted by molar-refractivity contribution is 0.100. The first-order chi connectivity index (χ1) is 15.5. The van der Waals surface area contributed by atoms with Gasteiger partial charge in [-0.1, -0.05) is 56.5 Å². The molecule has 0 saturated carbocycles. The van der Waals surface area contributed by atoms with E-state index in [-0.39, 0.29) is 5.91 Å². The van der Waals surface area contributed by atoms with Crippen LogP contribution in [0.15, 0.2) is 54.6 Å². The molecule has 0 unspecified atom stereocenters. The molecule has 0 saturated heterocycles. The first-order valence-corrected chi connectivity index (χ1v) is 11.8. The van der Waals surface area contributed by atoms with Crippen molar-refractivity contribution in [2.45, 2.75) is 46.0 Å². The van der Waals surface area contributed by atoms with E-state index >= 15 is 0 Å². The number of nitrogens with one attached hydrogen (secondary N) is 1. The highest BCUT2D eigenvalue weighted by Gasteiger charge is 2.21. The zero-order chi connectivity index (χ0) is 22.9. The van der Waals surface area contributed by atoms with Crippen LogP contribution in [0, 0.1) is 6.92 Å². The summed E-state index contributed by atoms with van der Waals surface area (Å²) in [5, 5.41) is 3.37. The Morgan fingerprint density at radius 3 is 2.38 bits per heavy atom. The summed E-state index contributed by atoms with van der Waals surface area (Å²) in [5.41, 5.74) is 8.45. The molecule has 5 nitrogen and oxygen atoms in total. The summed E-state index contributed by atoms with van der Waals surface area (Å²) >= 11 is 1.40. The molecule has 1 aromatic heterocycles. The molecule has 0 radical (unpaired) electrons. The molecule has 1 heterocycles. The summed E-state index contributed by atoms with van der Waals surface area (Å²) in [6, 6.07) is 17.0. The Kier molecular flexibility index (Phi) is 8.45. The van der Waals surface area contributed by atoms with Crippen LogP contribution in [0.5, 0.6) is 5.75 Å². The third-order valence-corrected chi connectivity index (χ3v) is 6.52. The van der Waals surface area contributed by atoms with Crippen LogP contribution in [0.3, 0.4) is 0 Å². The SMILES string of the molecule is CCCCCCOc1ccc(C(=O)Nc2sc(Cc3ccccc3)c(C)c2C(N)=O)cc1. The molecule has 0 bridgehead atoms. The number of unbranched alkanes of at least 4 members (excludes halogenated alkanes) is 3. The topological polar surface area (TPSA) is 81.4 Å². The number of hydrogen-bond donors (Lipinski definition) is 2. The Bertz CT molecular complexity index is 1040. The molecule has 0 aliphatic heterocycles. The van der Waals surface area contributed by atoms with Crippen molar-refractivity contribution in [2.75, 3.05) is 11.9 Å². The number of carbonyl (C=O) groups is 2. The van der Waals surface area contributed by atoms with Gasteiger partial charge in [-0.25, -0.2) is 0 Å². The Morgan fingerprint density at radius 2 is 1.72 bits per heavy atom. The molecule has 32 heavy (non-hydrogen) atoms. The van der Waals surface area contributed by atoms with E-state index in [2.05, 4.69) is 12.2 Å². The third-order valence-electron chi connectivity index (χ3n) is 5.31. The summed E-state index contributed by atoms with van der Waals surface area (Å²) in [5.74, 6) is -0.0809. The van der Waals surface area contributed by atoms with E-state index in [0.29, 0.717) is 29.2 Å². The molecule has 2 aromatic carbocycles. The van der Waals surface area contributed by atoms with Crippen LogP contribution in [0.2, 0.25) is 0 Å². The minimum absolute atomic E-state index is 0.283. The van der Waals surface area contributed by atoms with Gasteiger partial charge in [0.05, 0.1) is 12.2 Å². The lowest BCUT2D eigenvalue weighted by Crippen LogP contribution is -2.17. The number of carbonyl (C=O) groups excluding carboxylic acids is 2. The van der Waals surface area contributed by atoms with E-state index < -0.39 is 5.91 Å². The van der Waals surface area contributed by atoms with Crippen LogP contribution in [-0.4, -0.2) is 18.4 Å². The fourth-order valence-corrected chi connectivity index (χ4v) is 4.73. The predicted octanol–water partition coefficient (Wildman–Crippen LogP) is 5.96. The van der Waals surface area contributed by atoms with Crippen LogP contribution in [0.1, 0.15) is 69.3 Å². The normalized spacial score (nSPS) is 10.7. The van der Waals surface area contributed by atoms with E-state index in [9.17, 15) is 9.59 Å². The van der Waals surface area contributed by atoms with Crippen molar-refractivity contribution < 1.29 is 14.3 Å². The zero-order valence-corrected chi connectivity index (χ0v) is 19.5. The fourth-order valence-electron chi connectivity index (χ4n) is 3.49. The average Bonchev–Trinajstić information content (AvgIpc) is 3.09. The molecular weight excluding hydrogens is 420 g/mol. The molecule has 0 spiro atoms. The van der Waals surface area contributed by atoms with E-state index in [1.807, 2.05) is 37.3 Å². The molecule has 0 aliphatic rings. The highest BCUT2D eigenvalue weighted by Crippen LogP contribution is 2.34. The number of nitrogens with two attached hydrogens (primary N) is 1. The second-order valence-corrected chi connectivity index (χ2v) is 8.87. The van der Waals surface area contributed by atoms with Crippen LogP contribution in [0.4, 0.5) is 5.00 Å². The van der Waals surface area contributed by atoms with Crippen molar-refractivity contribution in [2.24, 2.45) is 5.73 Å². The molecule has 168 valence electrons. The van der Waals surface area contributed by atoms with Gasteiger partial charge in [-0.15, -0.1) is 11.3 Å². The molecule has 3 aromatic rings. The van der Waals surface area contributed by atoms with E-state index in [1.54, 1.807) is 24.3 Å². The molecule has 3 rings (SSSR count). The lowest BCUT2D eigenvalue weighted by Gasteiger charge is -2.08. The molecule has 6 heteroatoms. The van der Waals surface area contributed by atoms with E-state index in [1.165, 1.54) is 24.2 Å². The number of anilines is 1. The van der Waals surface area contributed by atoms with Crippen LogP contribution >= 0.6 is 11.3 Å². The second kappa shape index (κ2) is 11.5. The van der Waals surface area contributed by atoms with Gasteiger partial charge >= 0.3 is 0 Å². The van der Waals surface area contributed by atoms with Gasteiger partial charge in [0, 0.05) is 16.9 Å². The Labute approximate surface area is 193 Å². The Morgan fingerprint density at radius 1 is 1.00 bits per heavy atom. The minimum atomic E-state index is -0.541. The summed E-state index contributed by atoms with van der Waals surface area (Å²) in [6.07, 6.45) is 5.27. The molecule has 0 atom stereocenters. The van der Waals surface area contributed by atoms with Gasteiger partial charge in [0.15, 0.2) is 0 Å². The molecule has 0 aliphatic carbocycles. The maximum atomic E-state index is 12.8. The minimum Gasteiger partial charge on any atom is -0.494 e. The number of amides is 2. The standard InChI is InChI=1S/C26H30N2O3S/c1-3-4-5-9-16-31-21-14-12-20(13-15-21)25(30)28-26-23(24(27)29)18(2)22(32-26)17-19-10-7-6-8-11-19/h6-8,10-15H,3-5,9,16-17H2,1-2H3,(H2,27,29)(H,28,30). The van der Waals surface area contributed by atoms with Crippen LogP contribution in [0.25, 0.3) is 0 Å². The van der Waals surface area contributed by atoms with Gasteiger partial charge in [-0.2, -0.15) is 0 Å².